The van der Waals surface area contributed by atoms with Crippen LogP contribution in [0.15, 0.2) is 24.3 Å². The van der Waals surface area contributed by atoms with Crippen LogP contribution in [-0.4, -0.2) is 150 Å². The Morgan fingerprint density at radius 2 is 1.10 bits per heavy atom. The summed E-state index contributed by atoms with van der Waals surface area (Å²) in [6.45, 7) is 5.82. The maximum Gasteiger partial charge on any atom is 0.254 e. The van der Waals surface area contributed by atoms with E-state index in [4.69, 9.17) is 9.47 Å². The molecule has 5 amide bonds. The number of piperazine rings is 2. The maximum absolute atomic E-state index is 13.6. The van der Waals surface area contributed by atoms with Crippen molar-refractivity contribution in [2.75, 3.05) is 95.9 Å². The quantitative estimate of drug-likeness (QED) is 0.232. The number of ether oxygens (including phenoxy) is 2. The van der Waals surface area contributed by atoms with Crippen LogP contribution in [0.1, 0.15) is 17.3 Å². The van der Waals surface area contributed by atoms with Crippen LogP contribution in [-0.2, 0) is 23.9 Å². The fraction of sp³-hybridized carbons (Fsp3) is 0.593. The average Bonchev–Trinajstić information content (AvgIpc) is 3.02. The van der Waals surface area contributed by atoms with Gasteiger partial charge in [-0.05, 0) is 31.2 Å². The molecular weight excluding hydrogens is 666 g/mol. The molecule has 0 N–H and O–H groups in total. The number of carbonyl (C=O) groups excluding carboxylic acids is 5. The summed E-state index contributed by atoms with van der Waals surface area (Å²) in [4.78, 5) is 71.8. The minimum atomic E-state index is -0.450. The Kier molecular flexibility index (Phi) is 13.3. The molecule has 41 heavy (non-hydrogen) atoms. The second-order valence-corrected chi connectivity index (χ2v) is 10.6. The largest absolute Gasteiger partial charge is 0.491 e. The molecule has 2 aliphatic heterocycles. The molecule has 2 fully saturated rings. The number of carbonyl (C=O) groups is 5. The molecule has 14 heteroatoms. The average molecular weight is 703 g/mol. The molecule has 0 aromatic heterocycles. The van der Waals surface area contributed by atoms with Gasteiger partial charge in [0.1, 0.15) is 25.4 Å². The van der Waals surface area contributed by atoms with Gasteiger partial charge >= 0.3 is 0 Å². The van der Waals surface area contributed by atoms with E-state index in [-0.39, 0.29) is 47.4 Å². The van der Waals surface area contributed by atoms with Gasteiger partial charge in [0.05, 0.1) is 17.3 Å². The zero-order valence-electron chi connectivity index (χ0n) is 23.3. The molecule has 0 spiro atoms. The first kappa shape index (κ1) is 32.8. The van der Waals surface area contributed by atoms with Gasteiger partial charge in [-0.2, -0.15) is 0 Å². The lowest BCUT2D eigenvalue weighted by Crippen LogP contribution is -2.55. The molecule has 0 bridgehead atoms. The number of amides is 5. The normalized spacial score (nSPS) is 15.5. The summed E-state index contributed by atoms with van der Waals surface area (Å²) >= 11 is 6.34. The molecule has 0 saturated carbocycles. The van der Waals surface area contributed by atoms with E-state index in [1.807, 2.05) is 6.92 Å². The second kappa shape index (κ2) is 16.7. The van der Waals surface area contributed by atoms with Crippen LogP contribution in [0.4, 0.5) is 0 Å². The highest BCUT2D eigenvalue weighted by Crippen LogP contribution is 2.15. The SMILES string of the molecule is CCOCCOc1ccc(C(=O)N(CC(=O)N2CCN(C(=O)CBr)CC2)CC(=O)N2CCN(C(=O)CBr)CC2)cc1. The number of alkyl halides is 2. The minimum Gasteiger partial charge on any atom is -0.491 e. The van der Waals surface area contributed by atoms with Crippen molar-refractivity contribution in [3.05, 3.63) is 29.8 Å². The van der Waals surface area contributed by atoms with Crippen LogP contribution < -0.4 is 4.74 Å². The molecule has 2 saturated heterocycles. The number of hydrogen-bond acceptors (Lipinski definition) is 7. The summed E-state index contributed by atoms with van der Waals surface area (Å²) in [5, 5.41) is 0.445. The van der Waals surface area contributed by atoms with Crippen molar-refractivity contribution >= 4 is 61.4 Å². The summed E-state index contributed by atoms with van der Waals surface area (Å²) in [7, 11) is 0. The molecule has 2 aliphatic rings. The van der Waals surface area contributed by atoms with Crippen molar-refractivity contribution in [3.8, 4) is 5.75 Å². The Balaban J connectivity index is 1.67. The number of benzene rings is 1. The molecule has 1 aromatic rings. The van der Waals surface area contributed by atoms with Gasteiger partial charge < -0.3 is 34.0 Å². The number of nitrogens with zero attached hydrogens (tertiary/aromatic N) is 5. The van der Waals surface area contributed by atoms with Crippen LogP contribution in [0.2, 0.25) is 0 Å². The van der Waals surface area contributed by atoms with E-state index >= 15 is 0 Å². The highest BCUT2D eigenvalue weighted by atomic mass is 79.9. The van der Waals surface area contributed by atoms with Crippen molar-refractivity contribution < 1.29 is 33.4 Å². The van der Waals surface area contributed by atoms with E-state index in [9.17, 15) is 24.0 Å². The topological polar surface area (TPSA) is 120 Å². The van der Waals surface area contributed by atoms with Crippen LogP contribution >= 0.6 is 31.9 Å². The first-order valence-electron chi connectivity index (χ1n) is 13.6. The summed E-state index contributed by atoms with van der Waals surface area (Å²) in [5.41, 5.74) is 0.322. The van der Waals surface area contributed by atoms with E-state index in [2.05, 4.69) is 31.9 Å². The molecule has 226 valence electrons. The number of hydrogen-bond donors (Lipinski definition) is 0. The van der Waals surface area contributed by atoms with Gasteiger partial charge in [0, 0.05) is 64.5 Å². The Labute approximate surface area is 257 Å². The third-order valence-corrected chi connectivity index (χ3v) is 7.90. The lowest BCUT2D eigenvalue weighted by Gasteiger charge is -2.37. The summed E-state index contributed by atoms with van der Waals surface area (Å²) in [5.74, 6) is -0.535. The zero-order chi connectivity index (χ0) is 29.8. The van der Waals surface area contributed by atoms with Crippen molar-refractivity contribution in [1.82, 2.24) is 24.5 Å². The van der Waals surface area contributed by atoms with Gasteiger partial charge in [-0.25, -0.2) is 0 Å². The molecule has 12 nitrogen and oxygen atoms in total. The zero-order valence-corrected chi connectivity index (χ0v) is 26.4. The Bertz CT molecular complexity index is 1010. The van der Waals surface area contributed by atoms with Crippen LogP contribution in [0.25, 0.3) is 0 Å². The van der Waals surface area contributed by atoms with E-state index in [0.29, 0.717) is 83.5 Å². The maximum atomic E-state index is 13.6. The Morgan fingerprint density at radius 1 is 0.683 bits per heavy atom. The predicted octanol–water partition coefficient (Wildman–Crippen LogP) is 0.676. The second-order valence-electron chi connectivity index (χ2n) is 9.52. The molecular formula is C27H37Br2N5O7. The Morgan fingerprint density at radius 3 is 1.49 bits per heavy atom. The van der Waals surface area contributed by atoms with E-state index in [1.54, 1.807) is 43.9 Å². The summed E-state index contributed by atoms with van der Waals surface area (Å²) < 4.78 is 10.9. The number of rotatable bonds is 12. The van der Waals surface area contributed by atoms with Gasteiger partial charge in [-0.1, -0.05) is 31.9 Å². The molecule has 0 atom stereocenters. The van der Waals surface area contributed by atoms with Crippen LogP contribution in [0, 0.1) is 0 Å². The van der Waals surface area contributed by atoms with Gasteiger partial charge in [-0.15, -0.1) is 0 Å². The first-order chi connectivity index (χ1) is 19.8. The predicted molar refractivity (Wildman–Crippen MR) is 158 cm³/mol. The van der Waals surface area contributed by atoms with E-state index in [0.717, 1.165) is 0 Å². The molecule has 1 aromatic carbocycles. The van der Waals surface area contributed by atoms with Gasteiger partial charge in [-0.3, -0.25) is 24.0 Å². The lowest BCUT2D eigenvalue weighted by molar-refractivity contribution is -0.141. The third-order valence-electron chi connectivity index (χ3n) is 6.94. The minimum absolute atomic E-state index is 0.0391. The summed E-state index contributed by atoms with van der Waals surface area (Å²) in [6, 6.07) is 6.55. The van der Waals surface area contributed by atoms with Crippen molar-refractivity contribution in [2.24, 2.45) is 0 Å². The molecule has 0 unspecified atom stereocenters. The van der Waals surface area contributed by atoms with Crippen molar-refractivity contribution in [1.29, 1.82) is 0 Å². The monoisotopic (exact) mass is 701 g/mol. The van der Waals surface area contributed by atoms with Gasteiger partial charge in [0.15, 0.2) is 0 Å². The number of halogens is 2. The third kappa shape index (κ3) is 9.67. The van der Waals surface area contributed by atoms with Crippen molar-refractivity contribution in [3.63, 3.8) is 0 Å². The van der Waals surface area contributed by atoms with Crippen LogP contribution in [0.3, 0.4) is 0 Å². The van der Waals surface area contributed by atoms with Crippen LogP contribution in [0.5, 0.6) is 5.75 Å². The lowest BCUT2D eigenvalue weighted by atomic mass is 10.1. The molecule has 2 heterocycles. The Hall–Kier alpha value is -2.71. The fourth-order valence-corrected chi connectivity index (χ4v) is 5.25. The van der Waals surface area contributed by atoms with E-state index in [1.165, 1.54) is 4.90 Å². The van der Waals surface area contributed by atoms with E-state index < -0.39 is 5.91 Å². The van der Waals surface area contributed by atoms with Gasteiger partial charge in [0.2, 0.25) is 23.6 Å². The fourth-order valence-electron chi connectivity index (χ4n) is 4.54. The van der Waals surface area contributed by atoms with Crippen molar-refractivity contribution in [2.45, 2.75) is 6.92 Å². The highest BCUT2D eigenvalue weighted by Gasteiger charge is 2.30. The molecule has 0 radical (unpaired) electrons. The first-order valence-corrected chi connectivity index (χ1v) is 15.8. The molecule has 3 rings (SSSR count). The smallest absolute Gasteiger partial charge is 0.254 e. The van der Waals surface area contributed by atoms with Gasteiger partial charge in [0.25, 0.3) is 5.91 Å². The standard InChI is InChI=1S/C27H37Br2N5O7/c1-2-40-15-16-41-22-5-3-21(4-6-22)27(39)34(19-25(37)32-11-7-30(8-12-32)23(35)17-28)20-26(38)33-13-9-31(10-14-33)24(36)18-29/h3-6H,2,7-20H2,1H3. The highest BCUT2D eigenvalue weighted by molar-refractivity contribution is 9.09. The summed E-state index contributed by atoms with van der Waals surface area (Å²) in [6.07, 6.45) is 0. The molecule has 0 aliphatic carbocycles.